The molecule has 2 aliphatic rings. The van der Waals surface area contributed by atoms with Crippen LogP contribution in [0.1, 0.15) is 65.2 Å². The minimum atomic E-state index is -1.04. The molecule has 7 heteroatoms. The van der Waals surface area contributed by atoms with E-state index in [2.05, 4.69) is 0 Å². The monoisotopic (exact) mass is 369 g/mol. The quantitative estimate of drug-likeness (QED) is 0.607. The third kappa shape index (κ3) is 5.33. The third-order valence-electron chi connectivity index (χ3n) is 5.61. The molecule has 0 unspecified atom stereocenters. The number of carbonyl (C=O) groups excluding carboxylic acids is 2. The van der Waals surface area contributed by atoms with E-state index in [1.54, 1.807) is 0 Å². The topological polar surface area (TPSA) is 96.1 Å². The molecule has 0 aromatic heterocycles. The molecule has 3 N–H and O–H groups in total. The maximum atomic E-state index is 12.9. The Balaban J connectivity index is 1.99. The number of ether oxygens (including phenoxy) is 1. The summed E-state index contributed by atoms with van der Waals surface area (Å²) in [6, 6.07) is -0.474. The van der Waals surface area contributed by atoms with E-state index in [1.807, 2.05) is 13.8 Å². The number of hydrogen-bond donors (Lipinski definition) is 2. The molecular formula is C19H35N3O4. The SMILES string of the molecule is CCCCN(C(=O)[C@@H]1CN(CC)C(=O)O1)[C@H](O)[C@@H](N)CC1CCCCC1. The minimum absolute atomic E-state index is 0.237. The molecule has 7 nitrogen and oxygen atoms in total. The summed E-state index contributed by atoms with van der Waals surface area (Å²) in [4.78, 5) is 27.6. The Morgan fingerprint density at radius 3 is 2.62 bits per heavy atom. The third-order valence-corrected chi connectivity index (χ3v) is 5.61. The number of aliphatic hydroxyl groups is 1. The molecule has 0 radical (unpaired) electrons. The highest BCUT2D eigenvalue weighted by Crippen LogP contribution is 2.28. The van der Waals surface area contributed by atoms with E-state index in [9.17, 15) is 14.7 Å². The highest BCUT2D eigenvalue weighted by atomic mass is 16.6. The fourth-order valence-electron chi connectivity index (χ4n) is 3.94. The number of hydrogen-bond acceptors (Lipinski definition) is 5. The van der Waals surface area contributed by atoms with Crippen molar-refractivity contribution < 1.29 is 19.4 Å². The molecule has 2 fully saturated rings. The van der Waals surface area contributed by atoms with Gasteiger partial charge in [-0.2, -0.15) is 0 Å². The molecule has 0 bridgehead atoms. The lowest BCUT2D eigenvalue weighted by atomic mass is 9.84. The van der Waals surface area contributed by atoms with Crippen LogP contribution >= 0.6 is 0 Å². The lowest BCUT2D eigenvalue weighted by molar-refractivity contribution is -0.150. The van der Waals surface area contributed by atoms with Crippen molar-refractivity contribution in [3.8, 4) is 0 Å². The lowest BCUT2D eigenvalue weighted by Crippen LogP contribution is -2.54. The summed E-state index contributed by atoms with van der Waals surface area (Å²) in [6.45, 7) is 5.04. The summed E-state index contributed by atoms with van der Waals surface area (Å²) in [5, 5.41) is 10.8. The Morgan fingerprint density at radius 1 is 1.35 bits per heavy atom. The van der Waals surface area contributed by atoms with Crippen LogP contribution in [0, 0.1) is 5.92 Å². The molecule has 26 heavy (non-hydrogen) atoms. The predicted octanol–water partition coefficient (Wildman–Crippen LogP) is 2.07. The summed E-state index contributed by atoms with van der Waals surface area (Å²) in [6.07, 6.45) is 6.05. The van der Waals surface area contributed by atoms with Gasteiger partial charge < -0.3 is 25.4 Å². The van der Waals surface area contributed by atoms with Crippen LogP contribution in [0.25, 0.3) is 0 Å². The zero-order valence-corrected chi connectivity index (χ0v) is 16.2. The Hall–Kier alpha value is -1.34. The average Bonchev–Trinajstić information content (AvgIpc) is 3.03. The lowest BCUT2D eigenvalue weighted by Gasteiger charge is -2.35. The number of likely N-dealkylation sites (N-methyl/N-ethyl adjacent to an activating group) is 1. The van der Waals surface area contributed by atoms with Gasteiger partial charge in [0.2, 0.25) is 0 Å². The molecule has 0 aromatic carbocycles. The van der Waals surface area contributed by atoms with Crippen LogP contribution in [0.15, 0.2) is 0 Å². The van der Waals surface area contributed by atoms with Gasteiger partial charge in [-0.3, -0.25) is 4.79 Å². The maximum absolute atomic E-state index is 12.9. The van der Waals surface area contributed by atoms with Crippen molar-refractivity contribution in [2.45, 2.75) is 83.6 Å². The Kier molecular flexibility index (Phi) is 8.15. The van der Waals surface area contributed by atoms with E-state index < -0.39 is 24.5 Å². The van der Waals surface area contributed by atoms with Crippen LogP contribution < -0.4 is 5.73 Å². The van der Waals surface area contributed by atoms with Gasteiger partial charge in [0.25, 0.3) is 5.91 Å². The second kappa shape index (κ2) is 10.1. The van der Waals surface area contributed by atoms with E-state index >= 15 is 0 Å². The highest BCUT2D eigenvalue weighted by Gasteiger charge is 2.40. The summed E-state index contributed by atoms with van der Waals surface area (Å²) >= 11 is 0. The molecule has 1 aliphatic heterocycles. The van der Waals surface area contributed by atoms with Gasteiger partial charge in [0.1, 0.15) is 6.23 Å². The van der Waals surface area contributed by atoms with E-state index in [0.717, 1.165) is 32.1 Å². The number of cyclic esters (lactones) is 1. The molecule has 2 amide bonds. The second-order valence-corrected chi connectivity index (χ2v) is 7.61. The second-order valence-electron chi connectivity index (χ2n) is 7.61. The fourth-order valence-corrected chi connectivity index (χ4v) is 3.94. The molecule has 1 saturated heterocycles. The summed E-state index contributed by atoms with van der Waals surface area (Å²) < 4.78 is 5.21. The number of amides is 2. The van der Waals surface area contributed by atoms with Crippen molar-refractivity contribution in [2.75, 3.05) is 19.6 Å². The van der Waals surface area contributed by atoms with Crippen molar-refractivity contribution in [1.82, 2.24) is 9.80 Å². The number of unbranched alkanes of at least 4 members (excludes halogenated alkanes) is 1. The van der Waals surface area contributed by atoms with Crippen LogP contribution in [-0.4, -0.2) is 64.9 Å². The number of nitrogens with zero attached hydrogens (tertiary/aromatic N) is 2. The predicted molar refractivity (Wildman–Crippen MR) is 99.3 cm³/mol. The van der Waals surface area contributed by atoms with Crippen LogP contribution in [0.4, 0.5) is 4.79 Å². The van der Waals surface area contributed by atoms with Gasteiger partial charge in [-0.15, -0.1) is 0 Å². The van der Waals surface area contributed by atoms with E-state index in [4.69, 9.17) is 10.5 Å². The van der Waals surface area contributed by atoms with Gasteiger partial charge in [0.15, 0.2) is 6.10 Å². The summed E-state index contributed by atoms with van der Waals surface area (Å²) in [5.74, 6) is 0.186. The Bertz CT molecular complexity index is 468. The van der Waals surface area contributed by atoms with Crippen molar-refractivity contribution in [3.63, 3.8) is 0 Å². The largest absolute Gasteiger partial charge is 0.434 e. The van der Waals surface area contributed by atoms with E-state index in [1.165, 1.54) is 29.1 Å². The normalized spacial score (nSPS) is 23.6. The van der Waals surface area contributed by atoms with E-state index in [0.29, 0.717) is 19.0 Å². The van der Waals surface area contributed by atoms with Crippen molar-refractivity contribution >= 4 is 12.0 Å². The van der Waals surface area contributed by atoms with Gasteiger partial charge >= 0.3 is 6.09 Å². The van der Waals surface area contributed by atoms with Crippen LogP contribution in [0.5, 0.6) is 0 Å². The summed E-state index contributed by atoms with van der Waals surface area (Å²) in [5.41, 5.74) is 6.28. The zero-order chi connectivity index (χ0) is 19.1. The molecular weight excluding hydrogens is 334 g/mol. The van der Waals surface area contributed by atoms with Gasteiger partial charge in [0.05, 0.1) is 6.54 Å². The van der Waals surface area contributed by atoms with Gasteiger partial charge in [-0.1, -0.05) is 45.4 Å². The van der Waals surface area contributed by atoms with Crippen molar-refractivity contribution in [1.29, 1.82) is 0 Å². The standard InChI is InChI=1S/C19H35N3O4/c1-3-5-11-22(18(24)16-13-21(4-2)19(25)26-16)17(23)15(20)12-14-9-7-6-8-10-14/h14-17,23H,3-13,20H2,1-2H3/t15-,16-,17+/m0/s1. The number of aliphatic hydroxyl groups excluding tert-OH is 1. The number of nitrogens with two attached hydrogens (primary N) is 1. The first kappa shape index (κ1) is 21.0. The first-order valence-corrected chi connectivity index (χ1v) is 10.2. The molecule has 0 aromatic rings. The number of rotatable bonds is 9. The van der Waals surface area contributed by atoms with Gasteiger partial charge in [0, 0.05) is 19.1 Å². The van der Waals surface area contributed by atoms with Gasteiger partial charge in [-0.05, 0) is 25.7 Å². The summed E-state index contributed by atoms with van der Waals surface area (Å²) in [7, 11) is 0. The molecule has 1 heterocycles. The Labute approximate surface area is 156 Å². The molecule has 3 atom stereocenters. The zero-order valence-electron chi connectivity index (χ0n) is 16.2. The Morgan fingerprint density at radius 2 is 2.04 bits per heavy atom. The van der Waals surface area contributed by atoms with Crippen molar-refractivity contribution in [2.24, 2.45) is 11.7 Å². The smallest absolute Gasteiger partial charge is 0.410 e. The molecule has 1 saturated carbocycles. The van der Waals surface area contributed by atoms with E-state index in [-0.39, 0.29) is 12.5 Å². The van der Waals surface area contributed by atoms with Crippen LogP contribution in [0.2, 0.25) is 0 Å². The minimum Gasteiger partial charge on any atom is -0.434 e. The first-order valence-electron chi connectivity index (χ1n) is 10.2. The molecule has 0 spiro atoms. The molecule has 1 aliphatic carbocycles. The fraction of sp³-hybridized carbons (Fsp3) is 0.895. The number of carbonyl (C=O) groups is 2. The highest BCUT2D eigenvalue weighted by molar-refractivity contribution is 5.86. The maximum Gasteiger partial charge on any atom is 0.410 e. The molecule has 2 rings (SSSR count). The van der Waals surface area contributed by atoms with Crippen molar-refractivity contribution in [3.05, 3.63) is 0 Å². The first-order chi connectivity index (χ1) is 12.5. The van der Waals surface area contributed by atoms with Gasteiger partial charge in [-0.25, -0.2) is 4.79 Å². The average molecular weight is 370 g/mol. The molecule has 150 valence electrons. The van der Waals surface area contributed by atoms with Crippen LogP contribution in [-0.2, 0) is 9.53 Å². The van der Waals surface area contributed by atoms with Crippen LogP contribution in [0.3, 0.4) is 0 Å².